The Labute approximate surface area is 119 Å². The predicted molar refractivity (Wildman–Crippen MR) is 77.5 cm³/mol. The lowest BCUT2D eigenvalue weighted by atomic mass is 10.2. The van der Waals surface area contributed by atoms with Gasteiger partial charge in [-0.3, -0.25) is 0 Å². The summed E-state index contributed by atoms with van der Waals surface area (Å²) < 4.78 is 0.678. The molecular formula is C12H15BrN2O2S. The molecule has 0 aliphatic carbocycles. The molecule has 0 aromatic carbocycles. The molecule has 0 spiro atoms. The molecular weight excluding hydrogens is 316 g/mol. The van der Waals surface area contributed by atoms with Crippen LogP contribution < -0.4 is 5.32 Å². The van der Waals surface area contributed by atoms with E-state index in [1.165, 1.54) is 25.0 Å². The van der Waals surface area contributed by atoms with Crippen molar-refractivity contribution >= 4 is 39.5 Å². The summed E-state index contributed by atoms with van der Waals surface area (Å²) in [6.07, 6.45) is 5.36. The Bertz CT molecular complexity index is 436. The van der Waals surface area contributed by atoms with Gasteiger partial charge in [-0.15, -0.1) is 0 Å². The van der Waals surface area contributed by atoms with Gasteiger partial charge in [0.2, 0.25) is 0 Å². The van der Waals surface area contributed by atoms with Crippen LogP contribution >= 0.6 is 27.7 Å². The quantitative estimate of drug-likeness (QED) is 0.887. The first-order valence-electron chi connectivity index (χ1n) is 5.91. The highest BCUT2D eigenvalue weighted by Crippen LogP contribution is 2.26. The summed E-state index contributed by atoms with van der Waals surface area (Å²) in [5.41, 5.74) is 0.213. The van der Waals surface area contributed by atoms with Gasteiger partial charge in [0.05, 0.1) is 0 Å². The van der Waals surface area contributed by atoms with Gasteiger partial charge in [0.25, 0.3) is 0 Å². The number of pyridine rings is 1. The van der Waals surface area contributed by atoms with Gasteiger partial charge in [-0.25, -0.2) is 9.78 Å². The number of nitrogens with one attached hydrogen (secondary N) is 1. The molecule has 1 aliphatic heterocycles. The van der Waals surface area contributed by atoms with E-state index in [9.17, 15) is 4.79 Å². The first-order valence-corrected chi connectivity index (χ1v) is 7.75. The molecule has 1 unspecified atom stereocenters. The second-order valence-electron chi connectivity index (χ2n) is 4.22. The molecule has 2 heterocycles. The van der Waals surface area contributed by atoms with Gasteiger partial charge in [-0.1, -0.05) is 6.42 Å². The summed E-state index contributed by atoms with van der Waals surface area (Å²) in [7, 11) is 0. The standard InChI is InChI=1S/C12H15BrN2O2S/c13-8-5-10(12(16)17)11(14-6-8)15-7-9-3-1-2-4-18-9/h5-6,9H,1-4,7H2,(H,14,15)(H,16,17). The molecule has 2 N–H and O–H groups in total. The van der Waals surface area contributed by atoms with Crippen molar-refractivity contribution in [1.29, 1.82) is 0 Å². The number of carbonyl (C=O) groups is 1. The van der Waals surface area contributed by atoms with E-state index in [2.05, 4.69) is 26.2 Å². The van der Waals surface area contributed by atoms with E-state index < -0.39 is 5.97 Å². The molecule has 0 bridgehead atoms. The maximum Gasteiger partial charge on any atom is 0.339 e. The highest BCUT2D eigenvalue weighted by Gasteiger charge is 2.16. The number of carboxylic acids is 1. The van der Waals surface area contributed by atoms with E-state index in [0.29, 0.717) is 15.5 Å². The third kappa shape index (κ3) is 3.62. The number of hydrogen-bond acceptors (Lipinski definition) is 4. The Morgan fingerprint density at radius 2 is 2.44 bits per heavy atom. The monoisotopic (exact) mass is 330 g/mol. The predicted octanol–water partition coefficient (Wildman–Crippen LogP) is 3.24. The van der Waals surface area contributed by atoms with Crippen LogP contribution in [0, 0.1) is 0 Å². The van der Waals surface area contributed by atoms with Crippen molar-refractivity contribution < 1.29 is 9.90 Å². The molecule has 4 nitrogen and oxygen atoms in total. The van der Waals surface area contributed by atoms with Crippen LogP contribution in [0.4, 0.5) is 5.82 Å². The van der Waals surface area contributed by atoms with Gasteiger partial charge in [0.15, 0.2) is 0 Å². The van der Waals surface area contributed by atoms with E-state index in [4.69, 9.17) is 5.11 Å². The molecule has 98 valence electrons. The second-order valence-corrected chi connectivity index (χ2v) is 6.55. The topological polar surface area (TPSA) is 62.2 Å². The van der Waals surface area contributed by atoms with E-state index in [1.807, 2.05) is 11.8 Å². The fourth-order valence-electron chi connectivity index (χ4n) is 1.92. The normalized spacial score (nSPS) is 19.5. The van der Waals surface area contributed by atoms with Gasteiger partial charge in [0.1, 0.15) is 11.4 Å². The molecule has 1 atom stereocenters. The Kier molecular flexibility index (Phi) is 4.88. The summed E-state index contributed by atoms with van der Waals surface area (Å²) in [5, 5.41) is 12.8. The van der Waals surface area contributed by atoms with Crippen LogP contribution in [0.25, 0.3) is 0 Å². The van der Waals surface area contributed by atoms with E-state index >= 15 is 0 Å². The third-order valence-electron chi connectivity index (χ3n) is 2.86. The highest BCUT2D eigenvalue weighted by molar-refractivity contribution is 9.10. The van der Waals surface area contributed by atoms with E-state index in [1.54, 1.807) is 12.3 Å². The molecule has 1 saturated heterocycles. The van der Waals surface area contributed by atoms with Crippen LogP contribution in [0.1, 0.15) is 29.6 Å². The zero-order chi connectivity index (χ0) is 13.0. The Hall–Kier alpha value is -0.750. The van der Waals surface area contributed by atoms with Crippen LogP contribution in [0.2, 0.25) is 0 Å². The third-order valence-corrected chi connectivity index (χ3v) is 4.69. The lowest BCUT2D eigenvalue weighted by Gasteiger charge is -2.22. The zero-order valence-electron chi connectivity index (χ0n) is 9.86. The molecule has 1 aliphatic rings. The number of thioether (sulfide) groups is 1. The van der Waals surface area contributed by atoms with Crippen LogP contribution in [0.15, 0.2) is 16.7 Å². The van der Waals surface area contributed by atoms with Gasteiger partial charge < -0.3 is 10.4 Å². The SMILES string of the molecule is O=C(O)c1cc(Br)cnc1NCC1CCCCS1. The van der Waals surface area contributed by atoms with Crippen molar-refractivity contribution in [2.45, 2.75) is 24.5 Å². The van der Waals surface area contributed by atoms with Crippen molar-refractivity contribution in [3.05, 3.63) is 22.3 Å². The number of hydrogen-bond donors (Lipinski definition) is 2. The molecule has 1 aromatic heterocycles. The lowest BCUT2D eigenvalue weighted by molar-refractivity contribution is 0.0697. The summed E-state index contributed by atoms with van der Waals surface area (Å²) >= 11 is 5.19. The highest BCUT2D eigenvalue weighted by atomic mass is 79.9. The van der Waals surface area contributed by atoms with Crippen molar-refractivity contribution in [3.8, 4) is 0 Å². The smallest absolute Gasteiger partial charge is 0.339 e. The van der Waals surface area contributed by atoms with Crippen LogP contribution in [-0.4, -0.2) is 33.6 Å². The van der Waals surface area contributed by atoms with E-state index in [-0.39, 0.29) is 5.56 Å². The minimum Gasteiger partial charge on any atom is -0.478 e. The molecule has 1 fully saturated rings. The maximum absolute atomic E-state index is 11.1. The van der Waals surface area contributed by atoms with Crippen LogP contribution in [0.5, 0.6) is 0 Å². The number of rotatable bonds is 4. The van der Waals surface area contributed by atoms with Crippen molar-refractivity contribution in [2.75, 3.05) is 17.6 Å². The summed E-state index contributed by atoms with van der Waals surface area (Å²) in [4.78, 5) is 15.3. The summed E-state index contributed by atoms with van der Waals surface area (Å²) in [6.45, 7) is 0.777. The number of carboxylic acid groups (broad SMARTS) is 1. The number of anilines is 1. The molecule has 1 aromatic rings. The van der Waals surface area contributed by atoms with Crippen molar-refractivity contribution in [2.24, 2.45) is 0 Å². The number of aromatic nitrogens is 1. The minimum absolute atomic E-state index is 0.213. The number of halogens is 1. The fourth-order valence-corrected chi connectivity index (χ4v) is 3.49. The van der Waals surface area contributed by atoms with Crippen molar-refractivity contribution in [1.82, 2.24) is 4.98 Å². The average Bonchev–Trinajstić information content (AvgIpc) is 2.38. The number of nitrogens with zero attached hydrogens (tertiary/aromatic N) is 1. The molecule has 0 radical (unpaired) electrons. The first-order chi connectivity index (χ1) is 8.66. The molecule has 2 rings (SSSR count). The largest absolute Gasteiger partial charge is 0.478 e. The molecule has 6 heteroatoms. The summed E-state index contributed by atoms with van der Waals surface area (Å²) in [6, 6.07) is 1.58. The molecule has 0 amide bonds. The zero-order valence-corrected chi connectivity index (χ0v) is 12.3. The Morgan fingerprint density at radius 1 is 1.61 bits per heavy atom. The first kappa shape index (κ1) is 13.7. The molecule has 18 heavy (non-hydrogen) atoms. The maximum atomic E-state index is 11.1. The minimum atomic E-state index is -0.956. The van der Waals surface area contributed by atoms with Gasteiger partial charge >= 0.3 is 5.97 Å². The van der Waals surface area contributed by atoms with Crippen LogP contribution in [-0.2, 0) is 0 Å². The van der Waals surface area contributed by atoms with Gasteiger partial charge in [-0.05, 0) is 40.6 Å². The lowest BCUT2D eigenvalue weighted by Crippen LogP contribution is -2.21. The van der Waals surface area contributed by atoms with Crippen molar-refractivity contribution in [3.63, 3.8) is 0 Å². The van der Waals surface area contributed by atoms with Gasteiger partial charge in [0, 0.05) is 22.5 Å². The molecule has 0 saturated carbocycles. The Morgan fingerprint density at radius 3 is 3.11 bits per heavy atom. The fraction of sp³-hybridized carbons (Fsp3) is 0.500. The Balaban J connectivity index is 2.01. The summed E-state index contributed by atoms with van der Waals surface area (Å²) in [5.74, 6) is 0.700. The second kappa shape index (κ2) is 6.43. The average molecular weight is 331 g/mol. The van der Waals surface area contributed by atoms with Gasteiger partial charge in [-0.2, -0.15) is 11.8 Å². The van der Waals surface area contributed by atoms with Crippen LogP contribution in [0.3, 0.4) is 0 Å². The number of aromatic carboxylic acids is 1. The van der Waals surface area contributed by atoms with E-state index in [0.717, 1.165) is 6.54 Å².